The van der Waals surface area contributed by atoms with Crippen molar-refractivity contribution in [2.45, 2.75) is 46.1 Å². The highest BCUT2D eigenvalue weighted by Crippen LogP contribution is 2.32. The van der Waals surface area contributed by atoms with E-state index in [2.05, 4.69) is 38.7 Å². The van der Waals surface area contributed by atoms with Crippen LogP contribution < -0.4 is 5.32 Å². The molecule has 5 heteroatoms. The van der Waals surface area contributed by atoms with Crippen LogP contribution in [0.25, 0.3) is 10.9 Å². The summed E-state index contributed by atoms with van der Waals surface area (Å²) >= 11 is 0. The molecule has 2 aromatic heterocycles. The molecule has 0 radical (unpaired) electrons. The summed E-state index contributed by atoms with van der Waals surface area (Å²) in [7, 11) is 0. The molecule has 0 saturated carbocycles. The van der Waals surface area contributed by atoms with E-state index in [0.717, 1.165) is 47.2 Å². The molecule has 0 aliphatic heterocycles. The van der Waals surface area contributed by atoms with Crippen LogP contribution in [0.5, 0.6) is 0 Å². The first-order valence-electron chi connectivity index (χ1n) is 8.85. The monoisotopic (exact) mass is 337 g/mol. The summed E-state index contributed by atoms with van der Waals surface area (Å²) < 4.78 is 0. The normalized spacial score (nSPS) is 15.7. The summed E-state index contributed by atoms with van der Waals surface area (Å²) in [6, 6.07) is 10.5. The van der Waals surface area contributed by atoms with Crippen molar-refractivity contribution in [3.05, 3.63) is 53.0 Å². The maximum absolute atomic E-state index is 9.03. The number of aromatic amines is 1. The lowest BCUT2D eigenvalue weighted by atomic mass is 9.91. The zero-order valence-corrected chi connectivity index (χ0v) is 14.9. The molecular weight excluding hydrogens is 310 g/mol. The average Bonchev–Trinajstić information content (AvgIpc) is 3.04. The number of aromatic nitrogens is 3. The van der Waals surface area contributed by atoms with E-state index in [-0.39, 0.29) is 8.90 Å². The molecule has 0 amide bonds. The lowest BCUT2D eigenvalue weighted by Crippen LogP contribution is -2.19. The Hall–Kier alpha value is -2.87. The van der Waals surface area contributed by atoms with Crippen LogP contribution in [0, 0.1) is 18.3 Å². The van der Waals surface area contributed by atoms with Crippen LogP contribution in [0.4, 0.5) is 5.69 Å². The average molecular weight is 337 g/mol. The Balaban J connectivity index is 0.000000883. The molecule has 4 rings (SSSR count). The SMILES string of the molecule is CC.Cc1[nH]nc2ccc(NC3CCCc4cc(C#N)cnc43)cc12.[HH].[HH]. The third kappa shape index (κ3) is 3.34. The highest BCUT2D eigenvalue weighted by atomic mass is 15.1. The van der Waals surface area contributed by atoms with Gasteiger partial charge in [-0.25, -0.2) is 0 Å². The van der Waals surface area contributed by atoms with Gasteiger partial charge in [-0.15, -0.1) is 0 Å². The number of rotatable bonds is 2. The first kappa shape index (κ1) is 17.0. The van der Waals surface area contributed by atoms with Gasteiger partial charge in [0, 0.05) is 25.8 Å². The second-order valence-corrected chi connectivity index (χ2v) is 6.05. The van der Waals surface area contributed by atoms with Gasteiger partial charge in [0.1, 0.15) is 6.07 Å². The van der Waals surface area contributed by atoms with Gasteiger partial charge in [0.15, 0.2) is 0 Å². The Morgan fingerprint density at radius 3 is 2.96 bits per heavy atom. The van der Waals surface area contributed by atoms with Crippen molar-refractivity contribution in [2.24, 2.45) is 0 Å². The van der Waals surface area contributed by atoms with Gasteiger partial charge in [0.25, 0.3) is 0 Å². The maximum Gasteiger partial charge on any atom is 0.101 e. The van der Waals surface area contributed by atoms with Crippen molar-refractivity contribution < 1.29 is 2.85 Å². The summed E-state index contributed by atoms with van der Waals surface area (Å²) in [6.45, 7) is 6.03. The van der Waals surface area contributed by atoms with Crippen LogP contribution in [-0.4, -0.2) is 15.2 Å². The Labute approximate surface area is 151 Å². The summed E-state index contributed by atoms with van der Waals surface area (Å²) in [5, 5.41) is 21.0. The van der Waals surface area contributed by atoms with E-state index in [1.54, 1.807) is 6.20 Å². The van der Waals surface area contributed by atoms with Gasteiger partial charge in [-0.3, -0.25) is 10.1 Å². The number of nitriles is 1. The first-order valence-corrected chi connectivity index (χ1v) is 8.85. The Morgan fingerprint density at radius 1 is 1.32 bits per heavy atom. The van der Waals surface area contributed by atoms with Crippen molar-refractivity contribution in [3.8, 4) is 6.07 Å². The number of nitrogens with zero attached hydrogens (tertiary/aromatic N) is 3. The molecule has 0 saturated heterocycles. The van der Waals surface area contributed by atoms with E-state index in [0.29, 0.717) is 5.56 Å². The second kappa shape index (κ2) is 7.35. The number of hydrogen-bond acceptors (Lipinski definition) is 4. The lowest BCUT2D eigenvalue weighted by Gasteiger charge is -2.26. The van der Waals surface area contributed by atoms with Crippen molar-refractivity contribution in [1.29, 1.82) is 5.26 Å². The molecule has 0 spiro atoms. The molecule has 1 aliphatic carbocycles. The number of benzene rings is 1. The number of fused-ring (bicyclic) bond motifs is 2. The molecule has 5 nitrogen and oxygen atoms in total. The zero-order valence-electron chi connectivity index (χ0n) is 14.9. The Morgan fingerprint density at radius 2 is 2.16 bits per heavy atom. The summed E-state index contributed by atoms with van der Waals surface area (Å²) in [4.78, 5) is 4.53. The smallest absolute Gasteiger partial charge is 0.101 e. The van der Waals surface area contributed by atoms with Crippen LogP contribution in [0.2, 0.25) is 0 Å². The highest BCUT2D eigenvalue weighted by molar-refractivity contribution is 5.84. The fourth-order valence-corrected chi connectivity index (χ4v) is 3.30. The summed E-state index contributed by atoms with van der Waals surface area (Å²) in [6.07, 6.45) is 4.82. The van der Waals surface area contributed by atoms with Gasteiger partial charge >= 0.3 is 0 Å². The number of nitrogens with one attached hydrogen (secondary N) is 2. The van der Waals surface area contributed by atoms with Crippen molar-refractivity contribution in [1.82, 2.24) is 15.2 Å². The van der Waals surface area contributed by atoms with Crippen LogP contribution in [-0.2, 0) is 6.42 Å². The predicted octanol–water partition coefficient (Wildman–Crippen LogP) is 5.15. The molecule has 3 aromatic rings. The van der Waals surface area contributed by atoms with E-state index in [9.17, 15) is 0 Å². The molecule has 1 atom stereocenters. The minimum atomic E-state index is 0. The highest BCUT2D eigenvalue weighted by Gasteiger charge is 2.22. The second-order valence-electron chi connectivity index (χ2n) is 6.05. The fraction of sp³-hybridized carbons (Fsp3) is 0.350. The summed E-state index contributed by atoms with van der Waals surface area (Å²) in [5.74, 6) is 0. The largest absolute Gasteiger partial charge is 0.377 e. The van der Waals surface area contributed by atoms with Gasteiger partial charge in [-0.2, -0.15) is 10.4 Å². The standard InChI is InChI=1S/C18H17N5.C2H6.2H2/c1-11-15-8-14(5-6-16(15)23-22-11)21-17-4-2-3-13-7-12(9-19)10-20-18(13)17;1-2;;/h5-8,10,17,21H,2-4H2,1H3,(H,22,23);1-2H3;2*1H. The van der Waals surface area contributed by atoms with Crippen LogP contribution in [0.3, 0.4) is 0 Å². The quantitative estimate of drug-likeness (QED) is 0.678. The number of aryl methyl sites for hydroxylation is 2. The molecule has 2 heterocycles. The molecule has 1 unspecified atom stereocenters. The van der Waals surface area contributed by atoms with Gasteiger partial charge in [-0.1, -0.05) is 13.8 Å². The molecule has 1 aromatic carbocycles. The van der Waals surface area contributed by atoms with E-state index >= 15 is 0 Å². The number of anilines is 1. The molecule has 1 aliphatic rings. The van der Waals surface area contributed by atoms with E-state index in [1.807, 2.05) is 32.9 Å². The van der Waals surface area contributed by atoms with Crippen molar-refractivity contribution >= 4 is 16.6 Å². The van der Waals surface area contributed by atoms with Crippen LogP contribution in [0.1, 0.15) is 58.1 Å². The van der Waals surface area contributed by atoms with Gasteiger partial charge < -0.3 is 5.32 Å². The van der Waals surface area contributed by atoms with Crippen molar-refractivity contribution in [3.63, 3.8) is 0 Å². The van der Waals surface area contributed by atoms with Gasteiger partial charge in [0.2, 0.25) is 0 Å². The number of pyridine rings is 1. The fourth-order valence-electron chi connectivity index (χ4n) is 3.30. The minimum Gasteiger partial charge on any atom is -0.377 e. The van der Waals surface area contributed by atoms with E-state index in [1.165, 1.54) is 5.56 Å². The molecular formula is C20H27N5. The molecule has 0 bridgehead atoms. The lowest BCUT2D eigenvalue weighted by molar-refractivity contribution is 0.583. The zero-order chi connectivity index (χ0) is 17.8. The minimum absolute atomic E-state index is 0. The molecule has 25 heavy (non-hydrogen) atoms. The third-order valence-electron chi connectivity index (χ3n) is 4.49. The van der Waals surface area contributed by atoms with Crippen molar-refractivity contribution in [2.75, 3.05) is 5.32 Å². The predicted molar refractivity (Wildman–Crippen MR) is 105 cm³/mol. The number of hydrogen-bond donors (Lipinski definition) is 2. The Bertz CT molecular complexity index is 930. The first-order chi connectivity index (χ1) is 12.2. The third-order valence-corrected chi connectivity index (χ3v) is 4.49. The maximum atomic E-state index is 9.03. The van der Waals surface area contributed by atoms with E-state index in [4.69, 9.17) is 5.26 Å². The molecule has 0 fully saturated rings. The van der Waals surface area contributed by atoms with Gasteiger partial charge in [0.05, 0.1) is 22.8 Å². The van der Waals surface area contributed by atoms with Crippen LogP contribution in [0.15, 0.2) is 30.5 Å². The van der Waals surface area contributed by atoms with E-state index < -0.39 is 0 Å². The topological polar surface area (TPSA) is 77.4 Å². The Kier molecular flexibility index (Phi) is 4.99. The number of H-pyrrole nitrogens is 1. The van der Waals surface area contributed by atoms with Crippen LogP contribution >= 0.6 is 0 Å². The molecule has 2 N–H and O–H groups in total. The summed E-state index contributed by atoms with van der Waals surface area (Å²) in [5.41, 5.74) is 6.02. The molecule has 132 valence electrons. The van der Waals surface area contributed by atoms with Gasteiger partial charge in [-0.05, 0) is 56.0 Å².